The van der Waals surface area contributed by atoms with Crippen molar-refractivity contribution in [1.29, 1.82) is 0 Å². The summed E-state index contributed by atoms with van der Waals surface area (Å²) < 4.78 is 33.0. The minimum absolute atomic E-state index is 0.0447. The number of hydrogen-bond acceptors (Lipinski definition) is 5. The number of furan rings is 1. The number of carbonyl (C=O) groups excluding carboxylic acids is 1. The van der Waals surface area contributed by atoms with Gasteiger partial charge in [0.05, 0.1) is 11.2 Å². The molecule has 3 rings (SSSR count). The normalized spacial score (nSPS) is 17.3. The van der Waals surface area contributed by atoms with Crippen molar-refractivity contribution in [3.05, 3.63) is 64.9 Å². The molecule has 0 aliphatic carbocycles. The molecule has 1 atom stereocenters. The van der Waals surface area contributed by atoms with Gasteiger partial charge < -0.3 is 4.42 Å². The Bertz CT molecular complexity index is 1350. The van der Waals surface area contributed by atoms with Crippen LogP contribution in [0.15, 0.2) is 79.2 Å². The summed E-state index contributed by atoms with van der Waals surface area (Å²) >= 11 is 0. The van der Waals surface area contributed by atoms with Crippen LogP contribution < -0.4 is 0 Å². The van der Waals surface area contributed by atoms with Gasteiger partial charge in [0, 0.05) is 35.5 Å². The summed E-state index contributed by atoms with van der Waals surface area (Å²) in [6, 6.07) is 6.80. The van der Waals surface area contributed by atoms with Gasteiger partial charge in [0.1, 0.15) is 5.58 Å². The van der Waals surface area contributed by atoms with Gasteiger partial charge in [-0.05, 0) is 85.3 Å². The SMILES string of the molecule is CC(C)C/C(=C\C(=O)CC(C)(C)C)CCC/C=C(\CC1=CN=CCC1C)S(=O)(=O)c1ccc2occc2c1. The maximum absolute atomic E-state index is 13.8. The van der Waals surface area contributed by atoms with Crippen molar-refractivity contribution >= 4 is 32.8 Å². The predicted octanol–water partition coefficient (Wildman–Crippen LogP) is 8.62. The average Bonchev–Trinajstić information content (AvgIpc) is 3.28. The zero-order valence-electron chi connectivity index (χ0n) is 23.8. The fraction of sp³-hybridized carbons (Fsp3) is 0.500. The summed E-state index contributed by atoms with van der Waals surface area (Å²) in [6.45, 7) is 12.6. The van der Waals surface area contributed by atoms with Gasteiger partial charge >= 0.3 is 0 Å². The molecule has 1 aliphatic rings. The second kappa shape index (κ2) is 12.9. The maximum Gasteiger partial charge on any atom is 0.202 e. The minimum Gasteiger partial charge on any atom is -0.464 e. The topological polar surface area (TPSA) is 76.7 Å². The number of carbonyl (C=O) groups is 1. The van der Waals surface area contributed by atoms with E-state index in [0.717, 1.165) is 42.2 Å². The minimum atomic E-state index is -3.69. The highest BCUT2D eigenvalue weighted by molar-refractivity contribution is 7.95. The summed E-state index contributed by atoms with van der Waals surface area (Å²) in [6.07, 6.45) is 13.7. The molecule has 2 heterocycles. The molecule has 5 nitrogen and oxygen atoms in total. The lowest BCUT2D eigenvalue weighted by molar-refractivity contribution is -0.116. The summed E-state index contributed by atoms with van der Waals surface area (Å²) in [5, 5.41) is 0.767. The highest BCUT2D eigenvalue weighted by Crippen LogP contribution is 2.32. The highest BCUT2D eigenvalue weighted by Gasteiger charge is 2.24. The van der Waals surface area contributed by atoms with Crippen LogP contribution in [0.25, 0.3) is 11.0 Å². The molecule has 1 unspecified atom stereocenters. The third-order valence-corrected chi connectivity index (χ3v) is 8.59. The molecule has 0 radical (unpaired) electrons. The fourth-order valence-electron chi connectivity index (χ4n) is 4.76. The van der Waals surface area contributed by atoms with Gasteiger partial charge in [0.2, 0.25) is 9.84 Å². The fourth-order valence-corrected chi connectivity index (χ4v) is 6.28. The third kappa shape index (κ3) is 8.65. The van der Waals surface area contributed by atoms with Crippen LogP contribution in [0, 0.1) is 17.3 Å². The van der Waals surface area contributed by atoms with E-state index in [1.165, 1.54) is 0 Å². The van der Waals surface area contributed by atoms with Crippen molar-refractivity contribution in [2.45, 2.75) is 91.4 Å². The zero-order valence-corrected chi connectivity index (χ0v) is 24.6. The van der Waals surface area contributed by atoms with Gasteiger partial charge in [-0.15, -0.1) is 0 Å². The first-order valence-electron chi connectivity index (χ1n) is 13.7. The third-order valence-electron chi connectivity index (χ3n) is 6.71. The molecule has 206 valence electrons. The Hall–Kier alpha value is -2.73. The number of sulfone groups is 1. The molecular weight excluding hydrogens is 494 g/mol. The van der Waals surface area contributed by atoms with E-state index in [1.54, 1.807) is 36.7 Å². The Kier molecular flexibility index (Phi) is 10.1. The number of ketones is 1. The second-order valence-corrected chi connectivity index (χ2v) is 14.1. The smallest absolute Gasteiger partial charge is 0.202 e. The molecule has 1 aromatic carbocycles. The van der Waals surface area contributed by atoms with Gasteiger partial charge in [-0.1, -0.05) is 53.2 Å². The Balaban J connectivity index is 1.82. The van der Waals surface area contributed by atoms with Crippen molar-refractivity contribution in [1.82, 2.24) is 0 Å². The number of allylic oxidation sites excluding steroid dienone is 5. The Morgan fingerprint density at radius 2 is 1.97 bits per heavy atom. The van der Waals surface area contributed by atoms with Crippen LogP contribution in [0.2, 0.25) is 0 Å². The van der Waals surface area contributed by atoms with Crippen molar-refractivity contribution in [3.63, 3.8) is 0 Å². The predicted molar refractivity (Wildman–Crippen MR) is 157 cm³/mol. The molecule has 0 saturated carbocycles. The van der Waals surface area contributed by atoms with Crippen LogP contribution in [0.3, 0.4) is 0 Å². The average molecular weight is 538 g/mol. The maximum atomic E-state index is 13.8. The molecule has 0 bridgehead atoms. The van der Waals surface area contributed by atoms with Crippen LogP contribution in [0.5, 0.6) is 0 Å². The summed E-state index contributed by atoms with van der Waals surface area (Å²) in [5.41, 5.74) is 2.80. The van der Waals surface area contributed by atoms with Crippen molar-refractivity contribution in [3.8, 4) is 0 Å². The molecule has 0 N–H and O–H groups in total. The van der Waals surface area contributed by atoms with Gasteiger partial charge in [-0.3, -0.25) is 9.79 Å². The molecule has 38 heavy (non-hydrogen) atoms. The Morgan fingerprint density at radius 1 is 1.21 bits per heavy atom. The van der Waals surface area contributed by atoms with Crippen molar-refractivity contribution in [2.75, 3.05) is 0 Å². The van der Waals surface area contributed by atoms with Gasteiger partial charge in [0.25, 0.3) is 0 Å². The summed E-state index contributed by atoms with van der Waals surface area (Å²) in [4.78, 5) is 17.6. The number of aliphatic imine (C=N–C) groups is 1. The first-order valence-corrected chi connectivity index (χ1v) is 15.2. The molecule has 0 fully saturated rings. The first-order chi connectivity index (χ1) is 17.8. The lowest BCUT2D eigenvalue weighted by Gasteiger charge is -2.19. The van der Waals surface area contributed by atoms with Crippen molar-refractivity contribution < 1.29 is 17.6 Å². The van der Waals surface area contributed by atoms with Crippen LogP contribution in [-0.4, -0.2) is 20.4 Å². The van der Waals surface area contributed by atoms with E-state index in [-0.39, 0.29) is 22.0 Å². The van der Waals surface area contributed by atoms with E-state index in [0.29, 0.717) is 35.7 Å². The Labute approximate surface area is 228 Å². The monoisotopic (exact) mass is 537 g/mol. The van der Waals surface area contributed by atoms with Crippen LogP contribution >= 0.6 is 0 Å². The first kappa shape index (κ1) is 29.8. The summed E-state index contributed by atoms with van der Waals surface area (Å²) in [7, 11) is -3.69. The van der Waals surface area contributed by atoms with Crippen molar-refractivity contribution in [2.24, 2.45) is 22.2 Å². The van der Waals surface area contributed by atoms with E-state index >= 15 is 0 Å². The van der Waals surface area contributed by atoms with Crippen LogP contribution in [0.1, 0.15) is 86.5 Å². The number of hydrogen-bond donors (Lipinski definition) is 0. The zero-order chi connectivity index (χ0) is 27.9. The lowest BCUT2D eigenvalue weighted by Crippen LogP contribution is -2.11. The van der Waals surface area contributed by atoms with E-state index in [2.05, 4.69) is 46.5 Å². The molecule has 0 saturated heterocycles. The van der Waals surface area contributed by atoms with Gasteiger partial charge in [-0.2, -0.15) is 0 Å². The van der Waals surface area contributed by atoms with E-state index in [1.807, 2.05) is 18.4 Å². The van der Waals surface area contributed by atoms with Gasteiger partial charge in [0.15, 0.2) is 5.78 Å². The van der Waals surface area contributed by atoms with Crippen LogP contribution in [0.4, 0.5) is 0 Å². The lowest BCUT2D eigenvalue weighted by atomic mass is 9.88. The van der Waals surface area contributed by atoms with E-state index in [4.69, 9.17) is 4.42 Å². The summed E-state index contributed by atoms with van der Waals surface area (Å²) in [5.74, 6) is 0.866. The number of nitrogens with zero attached hydrogens (tertiary/aromatic N) is 1. The molecule has 1 aromatic heterocycles. The second-order valence-electron chi connectivity index (χ2n) is 12.1. The highest BCUT2D eigenvalue weighted by atomic mass is 32.2. The molecule has 0 amide bonds. The Morgan fingerprint density at radius 3 is 2.66 bits per heavy atom. The molecular formula is C32H43NO4S. The largest absolute Gasteiger partial charge is 0.464 e. The molecule has 2 aromatic rings. The number of benzene rings is 1. The number of fused-ring (bicyclic) bond motifs is 1. The van der Waals surface area contributed by atoms with E-state index < -0.39 is 9.84 Å². The quantitative estimate of drug-likeness (QED) is 0.201. The number of unbranched alkanes of at least 4 members (excludes halogenated alkanes) is 1. The van der Waals surface area contributed by atoms with Crippen LogP contribution in [-0.2, 0) is 14.6 Å². The molecule has 6 heteroatoms. The standard InChI is InChI=1S/C32H43NO4S/c1-23(2)17-25(18-28(34)21-32(4,5)6)9-7-8-10-29(20-27-22-33-15-13-24(27)3)38(35,36)30-11-12-31-26(19-30)14-16-37-31/h10-12,14-16,18-19,22-24H,7-9,13,17,20-21H2,1-6H3/b25-18-,29-10+. The molecule has 1 aliphatic heterocycles. The molecule has 0 spiro atoms. The number of rotatable bonds is 12. The van der Waals surface area contributed by atoms with Gasteiger partial charge in [-0.25, -0.2) is 8.42 Å². The van der Waals surface area contributed by atoms with E-state index in [9.17, 15) is 13.2 Å².